The number of amides is 2. The molecule has 0 spiro atoms. The third-order valence-corrected chi connectivity index (χ3v) is 4.04. The van der Waals surface area contributed by atoms with Gasteiger partial charge in [-0.05, 0) is 18.4 Å². The van der Waals surface area contributed by atoms with Gasteiger partial charge in [0.15, 0.2) is 0 Å². The van der Waals surface area contributed by atoms with Gasteiger partial charge in [-0.15, -0.1) is 0 Å². The van der Waals surface area contributed by atoms with Crippen LogP contribution in [0.2, 0.25) is 0 Å². The smallest absolute Gasteiger partial charge is 0.410 e. The molecule has 2 amide bonds. The summed E-state index contributed by atoms with van der Waals surface area (Å²) in [6.07, 6.45) is 0.443. The molecule has 2 aliphatic heterocycles. The summed E-state index contributed by atoms with van der Waals surface area (Å²) >= 11 is 0. The molecular formula is C15H21N5O3. The largest absolute Gasteiger partial charge is 0.447 e. The quantitative estimate of drug-likeness (QED) is 0.872. The number of nitrogen functional groups attached to an aromatic ring is 1. The Balaban J connectivity index is 1.75. The third kappa shape index (κ3) is 3.20. The number of nitrogens with two attached hydrogens (primary N) is 1. The van der Waals surface area contributed by atoms with Crippen LogP contribution in [0.25, 0.3) is 0 Å². The van der Waals surface area contributed by atoms with Crippen molar-refractivity contribution in [2.75, 3.05) is 32.0 Å². The third-order valence-electron chi connectivity index (χ3n) is 4.04. The first-order valence-electron chi connectivity index (χ1n) is 7.80. The average Bonchev–Trinajstić information content (AvgIpc) is 2.86. The van der Waals surface area contributed by atoms with Crippen molar-refractivity contribution in [2.24, 2.45) is 5.92 Å². The summed E-state index contributed by atoms with van der Waals surface area (Å²) in [5.74, 6) is 0.352. The van der Waals surface area contributed by atoms with Crippen molar-refractivity contribution >= 4 is 17.9 Å². The first kappa shape index (κ1) is 15.5. The number of anilines is 1. The number of cyclic esters (lactones) is 1. The number of hydrogen-bond acceptors (Lipinski definition) is 6. The van der Waals surface area contributed by atoms with E-state index in [2.05, 4.69) is 23.8 Å². The van der Waals surface area contributed by atoms with Crippen LogP contribution in [0.1, 0.15) is 30.0 Å². The van der Waals surface area contributed by atoms with Crippen LogP contribution >= 0.6 is 0 Å². The van der Waals surface area contributed by atoms with Crippen molar-refractivity contribution in [3.8, 4) is 0 Å². The molecule has 124 valence electrons. The number of carbonyl (C=O) groups is 2. The molecule has 23 heavy (non-hydrogen) atoms. The van der Waals surface area contributed by atoms with E-state index in [1.165, 1.54) is 0 Å². The van der Waals surface area contributed by atoms with Gasteiger partial charge in [-0.25, -0.2) is 14.8 Å². The number of nitrogens with zero attached hydrogens (tertiary/aromatic N) is 4. The maximum atomic E-state index is 12.7. The van der Waals surface area contributed by atoms with Gasteiger partial charge in [-0.3, -0.25) is 9.69 Å². The van der Waals surface area contributed by atoms with Crippen LogP contribution < -0.4 is 5.73 Å². The monoisotopic (exact) mass is 319 g/mol. The highest BCUT2D eigenvalue weighted by molar-refractivity contribution is 5.93. The van der Waals surface area contributed by atoms with Gasteiger partial charge in [0.05, 0.1) is 6.04 Å². The fourth-order valence-corrected chi connectivity index (χ4v) is 2.99. The van der Waals surface area contributed by atoms with Crippen LogP contribution in [0.4, 0.5) is 10.7 Å². The Labute approximate surface area is 134 Å². The molecule has 2 saturated heterocycles. The molecule has 0 radical (unpaired) electrons. The maximum absolute atomic E-state index is 12.7. The van der Waals surface area contributed by atoms with Gasteiger partial charge in [-0.2, -0.15) is 0 Å². The fourth-order valence-electron chi connectivity index (χ4n) is 2.99. The van der Waals surface area contributed by atoms with Gasteiger partial charge in [0.2, 0.25) is 5.95 Å². The second kappa shape index (κ2) is 6.02. The summed E-state index contributed by atoms with van der Waals surface area (Å²) in [5, 5.41) is 0. The lowest BCUT2D eigenvalue weighted by atomic mass is 10.1. The van der Waals surface area contributed by atoms with E-state index in [0.717, 1.165) is 12.1 Å². The van der Waals surface area contributed by atoms with E-state index in [1.54, 1.807) is 15.9 Å². The minimum atomic E-state index is -0.299. The van der Waals surface area contributed by atoms with Crippen molar-refractivity contribution in [3.05, 3.63) is 17.5 Å². The second-order valence-corrected chi connectivity index (χ2v) is 6.38. The highest BCUT2D eigenvalue weighted by Gasteiger charge is 2.39. The van der Waals surface area contributed by atoms with Crippen molar-refractivity contribution in [3.63, 3.8) is 0 Å². The molecule has 1 atom stereocenters. The molecule has 2 aliphatic rings. The Morgan fingerprint density at radius 3 is 2.96 bits per heavy atom. The molecule has 0 bridgehead atoms. The number of carbonyl (C=O) groups excluding carboxylic acids is 2. The van der Waals surface area contributed by atoms with Crippen LogP contribution in [0.3, 0.4) is 0 Å². The van der Waals surface area contributed by atoms with E-state index in [0.29, 0.717) is 37.9 Å². The van der Waals surface area contributed by atoms with Crippen LogP contribution in [0.15, 0.2) is 6.07 Å². The molecule has 2 fully saturated rings. The zero-order valence-corrected chi connectivity index (χ0v) is 13.4. The van der Waals surface area contributed by atoms with Gasteiger partial charge in [0, 0.05) is 25.3 Å². The molecule has 2 N–H and O–H groups in total. The predicted octanol–water partition coefficient (Wildman–Crippen LogP) is 0.534. The Morgan fingerprint density at radius 2 is 2.22 bits per heavy atom. The molecular weight excluding hydrogens is 298 g/mol. The number of piperazine rings is 1. The van der Waals surface area contributed by atoms with Gasteiger partial charge >= 0.3 is 6.09 Å². The molecule has 1 aromatic rings. The zero-order valence-electron chi connectivity index (χ0n) is 13.4. The maximum Gasteiger partial charge on any atom is 0.410 e. The Bertz CT molecular complexity index is 634. The number of ether oxygens (including phenoxy) is 1. The van der Waals surface area contributed by atoms with E-state index in [1.807, 2.05) is 0 Å². The second-order valence-electron chi connectivity index (χ2n) is 6.38. The van der Waals surface area contributed by atoms with Crippen molar-refractivity contribution in [2.45, 2.75) is 26.3 Å². The van der Waals surface area contributed by atoms with Crippen molar-refractivity contribution < 1.29 is 14.3 Å². The van der Waals surface area contributed by atoms with E-state index in [9.17, 15) is 9.59 Å². The lowest BCUT2D eigenvalue weighted by molar-refractivity contribution is 0.0611. The minimum Gasteiger partial charge on any atom is -0.447 e. The number of fused-ring (bicyclic) bond motifs is 1. The summed E-state index contributed by atoms with van der Waals surface area (Å²) < 4.78 is 5.02. The molecule has 0 aliphatic carbocycles. The van der Waals surface area contributed by atoms with Gasteiger partial charge in [0.1, 0.15) is 12.3 Å². The average molecular weight is 319 g/mol. The van der Waals surface area contributed by atoms with Gasteiger partial charge < -0.3 is 15.4 Å². The summed E-state index contributed by atoms with van der Waals surface area (Å²) in [6.45, 7) is 5.88. The number of hydrogen-bond donors (Lipinski definition) is 1. The zero-order chi connectivity index (χ0) is 16.6. The topological polar surface area (TPSA) is 102 Å². The fraction of sp³-hybridized carbons (Fsp3) is 0.600. The lowest BCUT2D eigenvalue weighted by Gasteiger charge is -2.35. The minimum absolute atomic E-state index is 0.0745. The van der Waals surface area contributed by atoms with Crippen molar-refractivity contribution in [1.82, 2.24) is 19.8 Å². The highest BCUT2D eigenvalue weighted by Crippen LogP contribution is 2.19. The summed E-state index contributed by atoms with van der Waals surface area (Å²) in [6, 6.07) is 1.64. The Hall–Kier alpha value is -2.38. The van der Waals surface area contributed by atoms with E-state index in [-0.39, 0.29) is 24.0 Å². The molecule has 3 heterocycles. The first-order valence-corrected chi connectivity index (χ1v) is 7.80. The molecule has 8 nitrogen and oxygen atoms in total. The molecule has 0 saturated carbocycles. The molecule has 0 aromatic carbocycles. The Morgan fingerprint density at radius 1 is 1.43 bits per heavy atom. The predicted molar refractivity (Wildman–Crippen MR) is 82.7 cm³/mol. The van der Waals surface area contributed by atoms with Crippen LogP contribution in [0.5, 0.6) is 0 Å². The summed E-state index contributed by atoms with van der Waals surface area (Å²) in [7, 11) is 0. The Kier molecular flexibility index (Phi) is 4.06. The number of aromatic nitrogens is 2. The van der Waals surface area contributed by atoms with Crippen LogP contribution in [-0.2, 0) is 11.2 Å². The van der Waals surface area contributed by atoms with Gasteiger partial charge in [-0.1, -0.05) is 13.8 Å². The molecule has 8 heteroatoms. The van der Waals surface area contributed by atoms with Gasteiger partial charge in [0.25, 0.3) is 5.91 Å². The molecule has 1 unspecified atom stereocenters. The molecule has 3 rings (SSSR count). The molecule has 1 aromatic heterocycles. The van der Waals surface area contributed by atoms with E-state index in [4.69, 9.17) is 10.5 Å². The highest BCUT2D eigenvalue weighted by atomic mass is 16.6. The first-order chi connectivity index (χ1) is 10.9. The normalized spacial score (nSPS) is 20.7. The SMILES string of the molecule is CC(C)Cc1cc(C(=O)N2CCN3C(=O)OCC3C2)nc(N)n1. The van der Waals surface area contributed by atoms with Crippen LogP contribution in [-0.4, -0.2) is 64.1 Å². The van der Waals surface area contributed by atoms with Crippen LogP contribution in [0, 0.1) is 5.92 Å². The standard InChI is InChI=1S/C15H21N5O3/c1-9(2)5-10-6-12(18-14(16)17-10)13(21)19-3-4-20-11(7-19)8-23-15(20)22/h6,9,11H,3-5,7-8H2,1-2H3,(H2,16,17,18). The van der Waals surface area contributed by atoms with Crippen molar-refractivity contribution in [1.29, 1.82) is 0 Å². The van der Waals surface area contributed by atoms with E-state index < -0.39 is 0 Å². The summed E-state index contributed by atoms with van der Waals surface area (Å²) in [4.78, 5) is 35.8. The lowest BCUT2D eigenvalue weighted by Crippen LogP contribution is -2.53. The summed E-state index contributed by atoms with van der Waals surface area (Å²) in [5.41, 5.74) is 6.82. The number of rotatable bonds is 3. The van der Waals surface area contributed by atoms with E-state index >= 15 is 0 Å².